The van der Waals surface area contributed by atoms with E-state index < -0.39 is 0 Å². The Labute approximate surface area is 181 Å². The molecule has 0 radical (unpaired) electrons. The van der Waals surface area contributed by atoms with E-state index in [2.05, 4.69) is 5.32 Å². The molecule has 0 saturated carbocycles. The third-order valence-electron chi connectivity index (χ3n) is 4.54. The van der Waals surface area contributed by atoms with Gasteiger partial charge in [0.15, 0.2) is 11.5 Å². The van der Waals surface area contributed by atoms with E-state index in [0.29, 0.717) is 42.8 Å². The molecule has 0 aliphatic carbocycles. The molecule has 0 unspecified atom stereocenters. The van der Waals surface area contributed by atoms with Gasteiger partial charge in [-0.1, -0.05) is 41.9 Å². The first-order chi connectivity index (χ1) is 14.6. The summed E-state index contributed by atoms with van der Waals surface area (Å²) in [6, 6.07) is 17.7. The molecule has 0 fully saturated rings. The number of hydrogen-bond donors (Lipinski definition) is 1. The average molecular weight is 430 g/mol. The van der Waals surface area contributed by atoms with Gasteiger partial charge in [-0.25, -0.2) is 4.39 Å². The highest BCUT2D eigenvalue weighted by molar-refractivity contribution is 6.31. The first-order valence-corrected chi connectivity index (χ1v) is 10.1. The third-order valence-corrected chi connectivity index (χ3v) is 4.90. The van der Waals surface area contributed by atoms with Gasteiger partial charge in [0.1, 0.15) is 18.2 Å². The maximum Gasteiger partial charge on any atom is 0.163 e. The number of ether oxygens (including phenoxy) is 3. The number of nitrogens with one attached hydrogen (secondary N) is 1. The molecular formula is C24H25ClFNO3. The lowest BCUT2D eigenvalue weighted by molar-refractivity contribution is 0.269. The van der Waals surface area contributed by atoms with Crippen molar-refractivity contribution in [3.8, 4) is 17.2 Å². The van der Waals surface area contributed by atoms with Crippen LogP contribution < -0.4 is 19.5 Å². The Bertz CT molecular complexity index is 963. The SMILES string of the molecule is CCOc1cc(CNCc2ccccc2OC)c(Cl)cc1OCc1ccc(F)cc1. The van der Waals surface area contributed by atoms with Crippen molar-refractivity contribution in [2.24, 2.45) is 0 Å². The van der Waals surface area contributed by atoms with Crippen molar-refractivity contribution < 1.29 is 18.6 Å². The summed E-state index contributed by atoms with van der Waals surface area (Å²) in [5, 5.41) is 3.97. The normalized spacial score (nSPS) is 10.7. The molecule has 4 nitrogen and oxygen atoms in total. The fourth-order valence-corrected chi connectivity index (χ4v) is 3.24. The van der Waals surface area contributed by atoms with Gasteiger partial charge in [0.05, 0.1) is 13.7 Å². The molecule has 0 aliphatic rings. The summed E-state index contributed by atoms with van der Waals surface area (Å²) in [6.45, 7) is 3.92. The summed E-state index contributed by atoms with van der Waals surface area (Å²) in [5.41, 5.74) is 2.84. The largest absolute Gasteiger partial charge is 0.496 e. The van der Waals surface area contributed by atoms with Gasteiger partial charge in [0.2, 0.25) is 0 Å². The number of rotatable bonds is 10. The van der Waals surface area contributed by atoms with E-state index in [1.54, 1.807) is 25.3 Å². The smallest absolute Gasteiger partial charge is 0.163 e. The lowest BCUT2D eigenvalue weighted by atomic mass is 10.1. The molecule has 0 aromatic heterocycles. The molecule has 1 N–H and O–H groups in total. The first-order valence-electron chi connectivity index (χ1n) is 9.75. The second-order valence-electron chi connectivity index (χ2n) is 6.65. The molecule has 158 valence electrons. The molecule has 6 heteroatoms. The van der Waals surface area contributed by atoms with Crippen LogP contribution in [0.5, 0.6) is 17.2 Å². The Morgan fingerprint density at radius 3 is 2.30 bits per heavy atom. The standard InChI is InChI=1S/C24H25ClFNO3/c1-3-29-23-12-19(15-27-14-18-6-4-5-7-22(18)28-2)21(25)13-24(23)30-16-17-8-10-20(26)11-9-17/h4-13,27H,3,14-16H2,1-2H3. The van der Waals surface area contributed by atoms with Crippen molar-refractivity contribution in [2.45, 2.75) is 26.6 Å². The van der Waals surface area contributed by atoms with Gasteiger partial charge in [-0.2, -0.15) is 0 Å². The lowest BCUT2D eigenvalue weighted by Crippen LogP contribution is -2.14. The van der Waals surface area contributed by atoms with Crippen LogP contribution in [-0.2, 0) is 19.7 Å². The third kappa shape index (κ3) is 5.88. The van der Waals surface area contributed by atoms with Gasteiger partial charge in [-0.3, -0.25) is 0 Å². The van der Waals surface area contributed by atoms with E-state index in [4.69, 9.17) is 25.8 Å². The van der Waals surface area contributed by atoms with Crippen LogP contribution >= 0.6 is 11.6 Å². The molecule has 0 aliphatic heterocycles. The zero-order chi connectivity index (χ0) is 21.3. The topological polar surface area (TPSA) is 39.7 Å². The summed E-state index contributed by atoms with van der Waals surface area (Å²) in [7, 11) is 1.66. The van der Waals surface area contributed by atoms with Crippen LogP contribution in [0.3, 0.4) is 0 Å². The molecule has 30 heavy (non-hydrogen) atoms. The minimum absolute atomic E-state index is 0.276. The van der Waals surface area contributed by atoms with Crippen molar-refractivity contribution in [3.63, 3.8) is 0 Å². The van der Waals surface area contributed by atoms with Gasteiger partial charge in [0.25, 0.3) is 0 Å². The zero-order valence-corrected chi connectivity index (χ0v) is 17.8. The predicted octanol–water partition coefficient (Wildman–Crippen LogP) is 5.76. The Morgan fingerprint density at radius 1 is 0.867 bits per heavy atom. The molecule has 0 heterocycles. The van der Waals surface area contributed by atoms with Crippen LogP contribution in [0.2, 0.25) is 5.02 Å². The predicted molar refractivity (Wildman–Crippen MR) is 117 cm³/mol. The number of methoxy groups -OCH3 is 1. The van der Waals surface area contributed by atoms with E-state index in [-0.39, 0.29) is 5.82 Å². The number of hydrogen-bond acceptors (Lipinski definition) is 4. The molecule has 0 saturated heterocycles. The maximum absolute atomic E-state index is 13.1. The van der Waals surface area contributed by atoms with E-state index >= 15 is 0 Å². The fourth-order valence-electron chi connectivity index (χ4n) is 3.02. The van der Waals surface area contributed by atoms with Crippen LogP contribution in [0.15, 0.2) is 60.7 Å². The number of benzene rings is 3. The molecule has 0 atom stereocenters. The number of para-hydroxylation sites is 1. The average Bonchev–Trinajstić information content (AvgIpc) is 2.76. The van der Waals surface area contributed by atoms with Gasteiger partial charge in [-0.05, 0) is 42.3 Å². The number of halogens is 2. The van der Waals surface area contributed by atoms with Crippen LogP contribution in [0.4, 0.5) is 4.39 Å². The van der Waals surface area contributed by atoms with Crippen LogP contribution in [-0.4, -0.2) is 13.7 Å². The van der Waals surface area contributed by atoms with E-state index in [9.17, 15) is 4.39 Å². The highest BCUT2D eigenvalue weighted by Gasteiger charge is 2.12. The molecule has 3 rings (SSSR count). The summed E-state index contributed by atoms with van der Waals surface area (Å²) < 4.78 is 30.1. The molecule has 0 bridgehead atoms. The first kappa shape index (κ1) is 21.9. The highest BCUT2D eigenvalue weighted by Crippen LogP contribution is 2.34. The molecule has 0 spiro atoms. The minimum atomic E-state index is -0.276. The molecular weight excluding hydrogens is 405 g/mol. The van der Waals surface area contributed by atoms with E-state index in [0.717, 1.165) is 22.4 Å². The quantitative estimate of drug-likeness (QED) is 0.445. The second kappa shape index (κ2) is 10.9. The Balaban J connectivity index is 1.68. The van der Waals surface area contributed by atoms with Gasteiger partial charge in [-0.15, -0.1) is 0 Å². The van der Waals surface area contributed by atoms with Crippen molar-refractivity contribution >= 4 is 11.6 Å². The summed E-state index contributed by atoms with van der Waals surface area (Å²) >= 11 is 6.49. The van der Waals surface area contributed by atoms with Crippen molar-refractivity contribution in [3.05, 3.63) is 88.2 Å². The van der Waals surface area contributed by atoms with Crippen molar-refractivity contribution in [2.75, 3.05) is 13.7 Å². The lowest BCUT2D eigenvalue weighted by Gasteiger charge is -2.16. The Morgan fingerprint density at radius 2 is 1.57 bits per heavy atom. The molecule has 3 aromatic rings. The molecule has 3 aromatic carbocycles. The van der Waals surface area contributed by atoms with E-state index in [1.807, 2.05) is 37.3 Å². The Hall–Kier alpha value is -2.76. The van der Waals surface area contributed by atoms with Crippen molar-refractivity contribution in [1.82, 2.24) is 5.32 Å². The highest BCUT2D eigenvalue weighted by atomic mass is 35.5. The van der Waals surface area contributed by atoms with Crippen LogP contribution in [0.25, 0.3) is 0 Å². The van der Waals surface area contributed by atoms with Gasteiger partial charge >= 0.3 is 0 Å². The minimum Gasteiger partial charge on any atom is -0.496 e. The summed E-state index contributed by atoms with van der Waals surface area (Å²) in [4.78, 5) is 0. The summed E-state index contributed by atoms with van der Waals surface area (Å²) in [6.07, 6.45) is 0. The Kier molecular flexibility index (Phi) is 7.94. The fraction of sp³-hybridized carbons (Fsp3) is 0.250. The monoisotopic (exact) mass is 429 g/mol. The maximum atomic E-state index is 13.1. The van der Waals surface area contributed by atoms with E-state index in [1.165, 1.54) is 12.1 Å². The van der Waals surface area contributed by atoms with Crippen LogP contribution in [0.1, 0.15) is 23.6 Å². The van der Waals surface area contributed by atoms with Crippen molar-refractivity contribution in [1.29, 1.82) is 0 Å². The zero-order valence-electron chi connectivity index (χ0n) is 17.1. The summed E-state index contributed by atoms with van der Waals surface area (Å²) in [5.74, 6) is 1.75. The van der Waals surface area contributed by atoms with Gasteiger partial charge in [0, 0.05) is 29.7 Å². The molecule has 0 amide bonds. The van der Waals surface area contributed by atoms with Gasteiger partial charge < -0.3 is 19.5 Å². The second-order valence-corrected chi connectivity index (χ2v) is 7.06. The van der Waals surface area contributed by atoms with Crippen LogP contribution in [0, 0.1) is 5.82 Å².